The van der Waals surface area contributed by atoms with Gasteiger partial charge in [-0.15, -0.1) is 0 Å². The molecule has 0 saturated heterocycles. The van der Waals surface area contributed by atoms with E-state index in [0.29, 0.717) is 0 Å². The fourth-order valence-electron chi connectivity index (χ4n) is 0.339. The van der Waals surface area contributed by atoms with Gasteiger partial charge < -0.3 is 4.85 Å². The summed E-state index contributed by atoms with van der Waals surface area (Å²) in [6.45, 7) is 7.00. The molecule has 0 aromatic rings. The zero-order valence-electron chi connectivity index (χ0n) is 5.11. The van der Waals surface area contributed by atoms with Gasteiger partial charge in [-0.05, 0) is 0 Å². The van der Waals surface area contributed by atoms with Gasteiger partial charge in [0.15, 0.2) is 0 Å². The van der Waals surface area contributed by atoms with Crippen molar-refractivity contribution in [1.29, 1.82) is 0 Å². The highest BCUT2D eigenvalue weighted by Gasteiger charge is 2.47. The van der Waals surface area contributed by atoms with Crippen molar-refractivity contribution < 1.29 is 17.6 Å². The second-order valence-electron chi connectivity index (χ2n) is 1.81. The first kappa shape index (κ1) is 9.21. The molecule has 0 N–H and O–H groups in total. The molecule has 2 unspecified atom stereocenters. The number of rotatable bonds is 1. The van der Waals surface area contributed by atoms with E-state index in [1.807, 2.05) is 0 Å². The first-order chi connectivity index (χ1) is 4.39. The summed E-state index contributed by atoms with van der Waals surface area (Å²) in [5.74, 6) is 0. The Morgan fingerprint density at radius 1 is 1.40 bits per heavy atom. The van der Waals surface area contributed by atoms with Gasteiger partial charge in [0.05, 0.1) is 0 Å². The van der Waals surface area contributed by atoms with Crippen molar-refractivity contribution in [2.24, 2.45) is 0 Å². The highest BCUT2D eigenvalue weighted by Crippen LogP contribution is 2.26. The SMILES string of the molecule is [C-]#[N+]C(C)C(F)C(F)(F)F. The summed E-state index contributed by atoms with van der Waals surface area (Å²) in [7, 11) is 0. The predicted molar refractivity (Wildman–Crippen MR) is 27.0 cm³/mol. The molecule has 0 rings (SSSR count). The van der Waals surface area contributed by atoms with Gasteiger partial charge in [-0.2, -0.15) is 13.2 Å². The maximum Gasteiger partial charge on any atom is 0.427 e. The van der Waals surface area contributed by atoms with E-state index in [9.17, 15) is 17.6 Å². The van der Waals surface area contributed by atoms with E-state index in [0.717, 1.165) is 6.92 Å². The van der Waals surface area contributed by atoms with Gasteiger partial charge in [-0.25, -0.2) is 11.0 Å². The minimum Gasteiger partial charge on any atom is -0.310 e. The monoisotopic (exact) mass is 155 g/mol. The number of hydrogen-bond acceptors (Lipinski definition) is 0. The Balaban J connectivity index is 4.11. The number of hydrogen-bond donors (Lipinski definition) is 0. The quantitative estimate of drug-likeness (QED) is 0.404. The fourth-order valence-corrected chi connectivity index (χ4v) is 0.339. The van der Waals surface area contributed by atoms with Gasteiger partial charge in [0.1, 0.15) is 0 Å². The zero-order chi connectivity index (χ0) is 8.36. The fraction of sp³-hybridized carbons (Fsp3) is 0.800. The Hall–Kier alpha value is -0.790. The maximum absolute atomic E-state index is 12.0. The lowest BCUT2D eigenvalue weighted by Crippen LogP contribution is -2.32. The van der Waals surface area contributed by atoms with Gasteiger partial charge in [0.2, 0.25) is 0 Å². The number of nitrogens with zero attached hydrogens (tertiary/aromatic N) is 1. The first-order valence-corrected chi connectivity index (χ1v) is 2.47. The summed E-state index contributed by atoms with van der Waals surface area (Å²) in [6, 6.07) is -1.64. The van der Waals surface area contributed by atoms with Gasteiger partial charge in [-0.1, -0.05) is 0 Å². The van der Waals surface area contributed by atoms with Crippen LogP contribution in [0.1, 0.15) is 6.92 Å². The van der Waals surface area contributed by atoms with Crippen LogP contribution in [0.2, 0.25) is 0 Å². The van der Waals surface area contributed by atoms with Crippen molar-refractivity contribution in [3.8, 4) is 0 Å². The Morgan fingerprint density at radius 2 is 1.80 bits per heavy atom. The molecule has 1 nitrogen and oxygen atoms in total. The molecule has 0 aliphatic heterocycles. The molecular formula is C5H5F4N. The van der Waals surface area contributed by atoms with E-state index < -0.39 is 18.4 Å². The zero-order valence-corrected chi connectivity index (χ0v) is 5.11. The third-order valence-electron chi connectivity index (χ3n) is 0.940. The van der Waals surface area contributed by atoms with Crippen LogP contribution in [0.3, 0.4) is 0 Å². The molecule has 58 valence electrons. The number of halogens is 4. The average Bonchev–Trinajstić information content (AvgIpc) is 1.83. The van der Waals surface area contributed by atoms with Crippen molar-refractivity contribution in [3.05, 3.63) is 11.4 Å². The second kappa shape index (κ2) is 2.86. The molecule has 10 heavy (non-hydrogen) atoms. The molecule has 5 heteroatoms. The van der Waals surface area contributed by atoms with Gasteiger partial charge in [0, 0.05) is 6.92 Å². The minimum atomic E-state index is -4.90. The third-order valence-corrected chi connectivity index (χ3v) is 0.940. The summed E-state index contributed by atoms with van der Waals surface area (Å²) in [5, 5.41) is 0. The molecule has 0 heterocycles. The second-order valence-corrected chi connectivity index (χ2v) is 1.81. The van der Waals surface area contributed by atoms with Crippen molar-refractivity contribution in [3.63, 3.8) is 0 Å². The minimum absolute atomic E-state index is 0.894. The van der Waals surface area contributed by atoms with Crippen molar-refractivity contribution in [2.45, 2.75) is 25.3 Å². The third kappa shape index (κ3) is 2.21. The number of alkyl halides is 4. The molecule has 0 aliphatic carbocycles. The molecule has 2 atom stereocenters. The Labute approximate surface area is 55.5 Å². The van der Waals surface area contributed by atoms with Crippen LogP contribution < -0.4 is 0 Å². The van der Waals surface area contributed by atoms with Crippen molar-refractivity contribution in [2.75, 3.05) is 0 Å². The van der Waals surface area contributed by atoms with E-state index in [1.54, 1.807) is 0 Å². The van der Waals surface area contributed by atoms with E-state index in [2.05, 4.69) is 4.85 Å². The molecule has 0 aliphatic rings. The predicted octanol–water partition coefficient (Wildman–Crippen LogP) is 2.19. The van der Waals surface area contributed by atoms with E-state index >= 15 is 0 Å². The van der Waals surface area contributed by atoms with Crippen LogP contribution in [-0.2, 0) is 0 Å². The lowest BCUT2D eigenvalue weighted by Gasteiger charge is -2.09. The van der Waals surface area contributed by atoms with E-state index in [4.69, 9.17) is 6.57 Å². The normalized spacial score (nSPS) is 17.6. The Bertz CT molecular complexity index is 145. The Kier molecular flexibility index (Phi) is 2.64. The van der Waals surface area contributed by atoms with Gasteiger partial charge in [-0.3, -0.25) is 0 Å². The average molecular weight is 155 g/mol. The molecule has 0 amide bonds. The summed E-state index contributed by atoms with van der Waals surface area (Å²) >= 11 is 0. The molecule has 0 bridgehead atoms. The van der Waals surface area contributed by atoms with Gasteiger partial charge >= 0.3 is 6.18 Å². The Morgan fingerprint density at radius 3 is 1.90 bits per heavy atom. The van der Waals surface area contributed by atoms with Crippen LogP contribution in [0, 0.1) is 6.57 Å². The smallest absolute Gasteiger partial charge is 0.310 e. The molecule has 0 spiro atoms. The van der Waals surface area contributed by atoms with Crippen LogP contribution in [0.4, 0.5) is 17.6 Å². The molecular weight excluding hydrogens is 150 g/mol. The lowest BCUT2D eigenvalue weighted by atomic mass is 10.2. The molecule has 0 fully saturated rings. The molecule has 0 aromatic heterocycles. The molecule has 0 saturated carbocycles. The van der Waals surface area contributed by atoms with Crippen molar-refractivity contribution in [1.82, 2.24) is 0 Å². The summed E-state index contributed by atoms with van der Waals surface area (Å²) in [6.07, 6.45) is -7.92. The highest BCUT2D eigenvalue weighted by molar-refractivity contribution is 4.85. The van der Waals surface area contributed by atoms with Gasteiger partial charge in [0.25, 0.3) is 12.2 Å². The lowest BCUT2D eigenvalue weighted by molar-refractivity contribution is -0.181. The summed E-state index contributed by atoms with van der Waals surface area (Å²) in [5.41, 5.74) is 0. The van der Waals surface area contributed by atoms with Crippen LogP contribution in [0.15, 0.2) is 0 Å². The standard InChI is InChI=1S/C5H5F4N/c1-3(10-2)4(6)5(7,8)9/h3-4H,1H3. The highest BCUT2D eigenvalue weighted by atomic mass is 19.4. The van der Waals surface area contributed by atoms with Crippen LogP contribution in [-0.4, -0.2) is 18.4 Å². The van der Waals surface area contributed by atoms with E-state index in [-0.39, 0.29) is 0 Å². The van der Waals surface area contributed by atoms with Crippen LogP contribution in [0.25, 0.3) is 4.85 Å². The summed E-state index contributed by atoms with van der Waals surface area (Å²) in [4.78, 5) is 2.41. The van der Waals surface area contributed by atoms with Crippen molar-refractivity contribution >= 4 is 0 Å². The van der Waals surface area contributed by atoms with Crippen LogP contribution >= 0.6 is 0 Å². The summed E-state index contributed by atoms with van der Waals surface area (Å²) < 4.78 is 46.1. The van der Waals surface area contributed by atoms with E-state index in [1.165, 1.54) is 0 Å². The topological polar surface area (TPSA) is 4.36 Å². The first-order valence-electron chi connectivity index (χ1n) is 2.47. The molecule has 0 radical (unpaired) electrons. The van der Waals surface area contributed by atoms with Crippen LogP contribution in [0.5, 0.6) is 0 Å². The largest absolute Gasteiger partial charge is 0.427 e. The maximum atomic E-state index is 12.0. The molecule has 0 aromatic carbocycles.